The topological polar surface area (TPSA) is 78.9 Å². The van der Waals surface area contributed by atoms with Gasteiger partial charge in [-0.25, -0.2) is 4.79 Å². The Morgan fingerprint density at radius 1 is 1.08 bits per heavy atom. The van der Waals surface area contributed by atoms with Crippen LogP contribution in [-0.4, -0.2) is 48.1 Å². The fraction of sp³-hybridized carbons (Fsp3) is 0.889. The van der Waals surface area contributed by atoms with Crippen molar-refractivity contribution in [3.8, 4) is 0 Å². The molecule has 1 heterocycles. The van der Waals surface area contributed by atoms with Crippen LogP contribution < -0.4 is 5.48 Å². The fourth-order valence-corrected chi connectivity index (χ4v) is 2.62. The van der Waals surface area contributed by atoms with Crippen LogP contribution in [0.4, 0.5) is 0 Å². The van der Waals surface area contributed by atoms with E-state index in [-0.39, 0.29) is 19.9 Å². The highest BCUT2D eigenvalue weighted by atomic mass is 16.6. The Morgan fingerprint density at radius 3 is 1.92 bits per heavy atom. The van der Waals surface area contributed by atoms with E-state index in [1.807, 2.05) is 0 Å². The fourth-order valence-electron chi connectivity index (χ4n) is 2.62. The summed E-state index contributed by atoms with van der Waals surface area (Å²) >= 11 is 0. The molecule has 0 aromatic heterocycles. The summed E-state index contributed by atoms with van der Waals surface area (Å²) in [5, 5.41) is 8.81. The zero-order chi connectivity index (χ0) is 17.5. The van der Waals surface area contributed by atoms with Crippen LogP contribution in [0.1, 0.15) is 79.1 Å². The molecule has 144 valence electrons. The highest BCUT2D eigenvalue weighted by molar-refractivity contribution is 5.85. The van der Waals surface area contributed by atoms with Crippen molar-refractivity contribution in [2.75, 3.05) is 20.2 Å². The maximum Gasteiger partial charge on any atom is 0.326 e. The van der Waals surface area contributed by atoms with Crippen molar-refractivity contribution in [2.24, 2.45) is 0 Å². The molecule has 0 spiro atoms. The molecule has 1 aliphatic carbocycles. The lowest BCUT2D eigenvalue weighted by atomic mass is 10.0. The second-order valence-corrected chi connectivity index (χ2v) is 5.94. The second-order valence-electron chi connectivity index (χ2n) is 5.94. The molecule has 6 nitrogen and oxygen atoms in total. The molecule has 0 bridgehead atoms. The van der Waals surface area contributed by atoms with E-state index < -0.39 is 12.0 Å². The van der Waals surface area contributed by atoms with Gasteiger partial charge in [-0.1, -0.05) is 66.2 Å². The lowest BCUT2D eigenvalue weighted by Gasteiger charge is -2.21. The van der Waals surface area contributed by atoms with E-state index in [4.69, 9.17) is 5.11 Å². The summed E-state index contributed by atoms with van der Waals surface area (Å²) in [5.41, 5.74) is 2.40. The average Bonchev–Trinajstić information content (AvgIpc) is 3.05. The number of amides is 1. The van der Waals surface area contributed by atoms with Crippen molar-refractivity contribution >= 4 is 11.9 Å². The predicted octanol–water partition coefficient (Wildman–Crippen LogP) is 3.61. The van der Waals surface area contributed by atoms with Crippen LogP contribution in [0, 0.1) is 0 Å². The molecule has 6 heteroatoms. The average molecular weight is 347 g/mol. The van der Waals surface area contributed by atoms with E-state index in [9.17, 15) is 9.59 Å². The van der Waals surface area contributed by atoms with Gasteiger partial charge in [-0.05, 0) is 12.8 Å². The third-order valence-corrected chi connectivity index (χ3v) is 3.73. The number of nitrogens with zero attached hydrogens (tertiary/aromatic N) is 1. The predicted molar refractivity (Wildman–Crippen MR) is 97.8 cm³/mol. The first-order valence-electron chi connectivity index (χ1n) is 8.86. The minimum absolute atomic E-state index is 0. The van der Waals surface area contributed by atoms with Gasteiger partial charge in [-0.15, -0.1) is 0 Å². The SMILES string of the molecule is C.C1CCCCC1.CCC.CONCC(=O)N1CCCC1C(=O)O. The molecular weight excluding hydrogens is 308 g/mol. The third kappa shape index (κ3) is 11.4. The number of hydroxylamine groups is 1. The monoisotopic (exact) mass is 346 g/mol. The Labute approximate surface area is 147 Å². The van der Waals surface area contributed by atoms with Gasteiger partial charge in [0.25, 0.3) is 0 Å². The van der Waals surface area contributed by atoms with Crippen LogP contribution in [0.15, 0.2) is 0 Å². The van der Waals surface area contributed by atoms with Crippen LogP contribution in [-0.2, 0) is 14.4 Å². The number of carbonyl (C=O) groups excluding carboxylic acids is 1. The van der Waals surface area contributed by atoms with E-state index in [1.165, 1.54) is 57.0 Å². The van der Waals surface area contributed by atoms with Gasteiger partial charge < -0.3 is 14.8 Å². The quantitative estimate of drug-likeness (QED) is 0.760. The number of rotatable bonds is 4. The number of hydrogen-bond acceptors (Lipinski definition) is 4. The van der Waals surface area contributed by atoms with Crippen molar-refractivity contribution in [3.63, 3.8) is 0 Å². The normalized spacial score (nSPS) is 19.1. The largest absolute Gasteiger partial charge is 0.480 e. The molecule has 1 amide bonds. The molecule has 24 heavy (non-hydrogen) atoms. The first kappa shape index (κ1) is 25.1. The molecule has 2 rings (SSSR count). The molecule has 2 aliphatic rings. The van der Waals surface area contributed by atoms with Crippen molar-refractivity contribution in [1.82, 2.24) is 10.4 Å². The lowest BCUT2D eigenvalue weighted by molar-refractivity contribution is -0.148. The van der Waals surface area contributed by atoms with Crippen LogP contribution >= 0.6 is 0 Å². The van der Waals surface area contributed by atoms with Crippen molar-refractivity contribution in [1.29, 1.82) is 0 Å². The Hall–Kier alpha value is -1.14. The molecule has 0 aromatic carbocycles. The van der Waals surface area contributed by atoms with E-state index in [0.29, 0.717) is 13.0 Å². The first-order valence-corrected chi connectivity index (χ1v) is 8.86. The number of likely N-dealkylation sites (tertiary alicyclic amines) is 1. The number of carboxylic acids is 1. The molecular formula is C18H38N2O4. The van der Waals surface area contributed by atoms with Gasteiger partial charge in [0.1, 0.15) is 12.6 Å². The zero-order valence-corrected chi connectivity index (χ0v) is 15.0. The van der Waals surface area contributed by atoms with E-state index >= 15 is 0 Å². The summed E-state index contributed by atoms with van der Waals surface area (Å²) in [7, 11) is 1.41. The highest BCUT2D eigenvalue weighted by Gasteiger charge is 2.33. The number of nitrogens with one attached hydrogen (secondary N) is 1. The molecule has 1 saturated carbocycles. The first-order chi connectivity index (χ1) is 11.1. The second kappa shape index (κ2) is 16.7. The van der Waals surface area contributed by atoms with Crippen molar-refractivity contribution in [3.05, 3.63) is 0 Å². The van der Waals surface area contributed by atoms with Gasteiger partial charge in [0.2, 0.25) is 5.91 Å². The smallest absolute Gasteiger partial charge is 0.326 e. The van der Waals surface area contributed by atoms with Crippen LogP contribution in [0.25, 0.3) is 0 Å². The minimum Gasteiger partial charge on any atom is -0.480 e. The number of carboxylic acid groups (broad SMARTS) is 1. The van der Waals surface area contributed by atoms with Gasteiger partial charge in [-0.3, -0.25) is 4.79 Å². The summed E-state index contributed by atoms with van der Waals surface area (Å²) in [6.45, 7) is 4.78. The molecule has 2 fully saturated rings. The minimum atomic E-state index is -0.937. The summed E-state index contributed by atoms with van der Waals surface area (Å²) in [5.74, 6) is -1.18. The standard InChI is InChI=1S/C8H14N2O4.C6H12.C3H8.CH4/c1-14-9-5-7(11)10-4-2-3-6(10)8(12)13;1-2-4-6-5-3-1;1-3-2;/h6,9H,2-5H2,1H3,(H,12,13);1-6H2;3H2,1-2H3;1H4. The van der Waals surface area contributed by atoms with Gasteiger partial charge in [0.05, 0.1) is 7.11 Å². The highest BCUT2D eigenvalue weighted by Crippen LogP contribution is 2.17. The van der Waals surface area contributed by atoms with Crippen molar-refractivity contribution < 1.29 is 19.5 Å². The Kier molecular flexibility index (Phi) is 17.5. The molecule has 2 N–H and O–H groups in total. The van der Waals surface area contributed by atoms with Gasteiger partial charge in [0.15, 0.2) is 0 Å². The van der Waals surface area contributed by atoms with Gasteiger partial charge in [0, 0.05) is 6.54 Å². The number of aliphatic carboxylic acids is 1. The maximum absolute atomic E-state index is 11.4. The van der Waals surface area contributed by atoms with E-state index in [2.05, 4.69) is 24.2 Å². The summed E-state index contributed by atoms with van der Waals surface area (Å²) in [6, 6.07) is -0.666. The maximum atomic E-state index is 11.4. The van der Waals surface area contributed by atoms with E-state index in [0.717, 1.165) is 6.42 Å². The summed E-state index contributed by atoms with van der Waals surface area (Å²) in [6.07, 6.45) is 11.5. The summed E-state index contributed by atoms with van der Waals surface area (Å²) < 4.78 is 0. The van der Waals surface area contributed by atoms with E-state index in [1.54, 1.807) is 0 Å². The van der Waals surface area contributed by atoms with Crippen LogP contribution in [0.2, 0.25) is 0 Å². The molecule has 1 saturated heterocycles. The summed E-state index contributed by atoms with van der Waals surface area (Å²) in [4.78, 5) is 28.1. The van der Waals surface area contributed by atoms with Crippen molar-refractivity contribution in [2.45, 2.75) is 85.1 Å². The molecule has 0 aromatic rings. The third-order valence-electron chi connectivity index (χ3n) is 3.73. The van der Waals surface area contributed by atoms with Crippen LogP contribution in [0.3, 0.4) is 0 Å². The number of carbonyl (C=O) groups is 2. The molecule has 1 atom stereocenters. The van der Waals surface area contributed by atoms with Gasteiger partial charge >= 0.3 is 5.97 Å². The molecule has 1 aliphatic heterocycles. The molecule has 1 unspecified atom stereocenters. The van der Waals surface area contributed by atoms with Crippen LogP contribution in [0.5, 0.6) is 0 Å². The van der Waals surface area contributed by atoms with Gasteiger partial charge in [-0.2, -0.15) is 5.48 Å². The number of hydrogen-bond donors (Lipinski definition) is 2. The Bertz CT molecular complexity index is 309. The zero-order valence-electron chi connectivity index (χ0n) is 15.0. The lowest BCUT2D eigenvalue weighted by Crippen LogP contribution is -2.44. The Morgan fingerprint density at radius 2 is 1.54 bits per heavy atom. The molecule has 0 radical (unpaired) electrons. The Balaban J connectivity index is 0.